The molecule has 3 rings (SSSR count). The largest absolute Gasteiger partial charge is 0.462 e. The molecule has 0 atom stereocenters. The van der Waals surface area contributed by atoms with Gasteiger partial charge in [-0.1, -0.05) is 38.1 Å². The predicted octanol–water partition coefficient (Wildman–Crippen LogP) is 7.65. The molecule has 0 aliphatic carbocycles. The number of rotatable bonds is 11. The van der Waals surface area contributed by atoms with Crippen molar-refractivity contribution in [2.45, 2.75) is 73.0 Å². The summed E-state index contributed by atoms with van der Waals surface area (Å²) in [6.45, 7) is 15.2. The molecule has 254 valence electrons. The summed E-state index contributed by atoms with van der Waals surface area (Å²) >= 11 is 0. The summed E-state index contributed by atoms with van der Waals surface area (Å²) in [5.41, 5.74) is 1.72. The molecule has 0 fully saturated rings. The van der Waals surface area contributed by atoms with Crippen LogP contribution in [-0.2, 0) is 24.3 Å². The molecular weight excluding hydrogens is 602 g/mol. The van der Waals surface area contributed by atoms with Gasteiger partial charge < -0.3 is 9.64 Å². The first kappa shape index (κ1) is 38.6. The number of ether oxygens (including phenoxy) is 1. The number of nitrogens with zero attached hydrogens (tertiary/aromatic N) is 1. The Morgan fingerprint density at radius 2 is 0.915 bits per heavy atom. The summed E-state index contributed by atoms with van der Waals surface area (Å²) in [5.74, 6) is -1.24. The molecule has 3 aromatic rings. The van der Waals surface area contributed by atoms with E-state index in [0.717, 1.165) is 12.1 Å². The molecule has 0 aliphatic rings. The number of anilines is 1. The number of ketones is 1. The lowest BCUT2D eigenvalue weighted by Crippen LogP contribution is -2.22. The Kier molecular flexibility index (Phi) is 14.3. The van der Waals surface area contributed by atoms with Gasteiger partial charge in [0.05, 0.1) is 23.3 Å². The summed E-state index contributed by atoms with van der Waals surface area (Å²) in [4.78, 5) is 69.8. The molecule has 0 heterocycles. The second-order valence-corrected chi connectivity index (χ2v) is 13.4. The van der Waals surface area contributed by atoms with Gasteiger partial charge in [-0.2, -0.15) is 9.78 Å². The van der Waals surface area contributed by atoms with E-state index in [9.17, 15) is 19.2 Å². The minimum atomic E-state index is -0.649. The van der Waals surface area contributed by atoms with Crippen molar-refractivity contribution in [1.82, 2.24) is 0 Å². The Morgan fingerprint density at radius 1 is 0.574 bits per heavy atom. The van der Waals surface area contributed by atoms with Crippen molar-refractivity contribution in [3.8, 4) is 0 Å². The third kappa shape index (κ3) is 14.2. The molecule has 0 aromatic heterocycles. The van der Waals surface area contributed by atoms with E-state index in [1.54, 1.807) is 53.7 Å². The first-order valence-electron chi connectivity index (χ1n) is 15.4. The first-order valence-corrected chi connectivity index (χ1v) is 15.4. The quantitative estimate of drug-likeness (QED) is 0.0887. The maximum Gasteiger partial charge on any atom is 0.373 e. The molecule has 47 heavy (non-hydrogen) atoms. The summed E-state index contributed by atoms with van der Waals surface area (Å²) < 4.78 is 5.19. The molecule has 0 unspecified atom stereocenters. The number of benzene rings is 3. The molecule has 10 heteroatoms. The van der Waals surface area contributed by atoms with Crippen LogP contribution >= 0.6 is 0 Å². The van der Waals surface area contributed by atoms with E-state index in [4.69, 9.17) is 24.3 Å². The summed E-state index contributed by atoms with van der Waals surface area (Å²) in [5, 5.41) is 0. The Morgan fingerprint density at radius 3 is 1.26 bits per heavy atom. The smallest absolute Gasteiger partial charge is 0.373 e. The van der Waals surface area contributed by atoms with E-state index in [-0.39, 0.29) is 22.9 Å². The molecule has 0 spiro atoms. The maximum atomic E-state index is 12.6. The van der Waals surface area contributed by atoms with Crippen LogP contribution in [0.5, 0.6) is 0 Å². The van der Waals surface area contributed by atoms with Gasteiger partial charge in [0, 0.05) is 30.9 Å². The highest BCUT2D eigenvalue weighted by atomic mass is 17.2. The number of carbonyl (C=O) groups is 4. The van der Waals surface area contributed by atoms with Crippen LogP contribution in [0.3, 0.4) is 0 Å². The zero-order chi connectivity index (χ0) is 35.4. The Hall–Kier alpha value is -4.54. The highest BCUT2D eigenvalue weighted by Crippen LogP contribution is 2.17. The van der Waals surface area contributed by atoms with Crippen molar-refractivity contribution >= 4 is 29.4 Å². The normalized spacial score (nSPS) is 11.2. The molecule has 0 aliphatic heterocycles. The van der Waals surface area contributed by atoms with Crippen LogP contribution in [0.15, 0.2) is 72.8 Å². The first-order chi connectivity index (χ1) is 21.9. The molecule has 0 saturated heterocycles. The van der Waals surface area contributed by atoms with Gasteiger partial charge in [-0.05, 0) is 102 Å². The molecule has 0 amide bonds. The topological polar surface area (TPSA) is 118 Å². The van der Waals surface area contributed by atoms with Crippen molar-refractivity contribution in [2.75, 3.05) is 25.6 Å². The van der Waals surface area contributed by atoms with Crippen molar-refractivity contribution < 1.29 is 43.5 Å². The van der Waals surface area contributed by atoms with E-state index in [1.807, 2.05) is 31.1 Å². The van der Waals surface area contributed by atoms with Crippen LogP contribution in [0.1, 0.15) is 109 Å². The zero-order valence-corrected chi connectivity index (χ0v) is 29.0. The van der Waals surface area contributed by atoms with Crippen LogP contribution in [0.25, 0.3) is 0 Å². The van der Waals surface area contributed by atoms with Gasteiger partial charge in [-0.3, -0.25) is 14.6 Å². The van der Waals surface area contributed by atoms with Gasteiger partial charge in [0.25, 0.3) is 0 Å². The molecule has 10 nitrogen and oxygen atoms in total. The third-order valence-electron chi connectivity index (χ3n) is 6.05. The molecule has 0 radical (unpaired) electrons. The fourth-order valence-corrected chi connectivity index (χ4v) is 3.47. The summed E-state index contributed by atoms with van der Waals surface area (Å²) in [7, 11) is 3.94. The SMILES string of the molecule is CC(C)(C)OOC(=O)c1ccc(C(=O)c2ccc(C(=O)OOC(C)(C)C)cc2)cc1.CC(C)CCOC(=O)c1ccc(N(C)C)cc1. The van der Waals surface area contributed by atoms with E-state index in [1.165, 1.54) is 48.5 Å². The minimum absolute atomic E-state index is 0.240. The third-order valence-corrected chi connectivity index (χ3v) is 6.05. The van der Waals surface area contributed by atoms with Crippen LogP contribution in [0, 0.1) is 5.92 Å². The van der Waals surface area contributed by atoms with E-state index in [0.29, 0.717) is 29.2 Å². The van der Waals surface area contributed by atoms with Gasteiger partial charge in [0.15, 0.2) is 5.78 Å². The van der Waals surface area contributed by atoms with Crippen LogP contribution < -0.4 is 4.90 Å². The number of carbonyl (C=O) groups excluding carboxylic acids is 4. The Labute approximate surface area is 277 Å². The monoisotopic (exact) mass is 649 g/mol. The maximum absolute atomic E-state index is 12.6. The van der Waals surface area contributed by atoms with E-state index in [2.05, 4.69) is 13.8 Å². The summed E-state index contributed by atoms with van der Waals surface area (Å²) in [6, 6.07) is 19.5. The van der Waals surface area contributed by atoms with Gasteiger partial charge in [-0.15, -0.1) is 0 Å². The average molecular weight is 650 g/mol. The predicted molar refractivity (Wildman–Crippen MR) is 179 cm³/mol. The lowest BCUT2D eigenvalue weighted by atomic mass is 10.0. The zero-order valence-electron chi connectivity index (χ0n) is 29.0. The van der Waals surface area contributed by atoms with Crippen molar-refractivity contribution in [3.63, 3.8) is 0 Å². The number of hydrogen-bond donors (Lipinski definition) is 0. The number of hydrogen-bond acceptors (Lipinski definition) is 10. The Balaban J connectivity index is 0.000000382. The highest BCUT2D eigenvalue weighted by molar-refractivity contribution is 6.09. The van der Waals surface area contributed by atoms with E-state index >= 15 is 0 Å². The van der Waals surface area contributed by atoms with Crippen LogP contribution in [0.4, 0.5) is 5.69 Å². The second-order valence-electron chi connectivity index (χ2n) is 13.4. The second kappa shape index (κ2) is 17.4. The van der Waals surface area contributed by atoms with Crippen molar-refractivity contribution in [2.24, 2.45) is 5.92 Å². The number of esters is 1. The van der Waals surface area contributed by atoms with Crippen molar-refractivity contribution in [1.29, 1.82) is 0 Å². The molecule has 0 N–H and O–H groups in total. The van der Waals surface area contributed by atoms with Crippen molar-refractivity contribution in [3.05, 3.63) is 101 Å². The molecular formula is C37H47NO9. The van der Waals surface area contributed by atoms with Gasteiger partial charge in [0.1, 0.15) is 11.2 Å². The molecule has 3 aromatic carbocycles. The van der Waals surface area contributed by atoms with E-state index < -0.39 is 23.1 Å². The minimum Gasteiger partial charge on any atom is -0.462 e. The van der Waals surface area contributed by atoms with Crippen LogP contribution in [-0.4, -0.2) is 55.6 Å². The lowest BCUT2D eigenvalue weighted by Gasteiger charge is -2.16. The fraction of sp³-hybridized carbons (Fsp3) is 0.405. The Bertz CT molecular complexity index is 1390. The highest BCUT2D eigenvalue weighted by Gasteiger charge is 2.19. The fourth-order valence-electron chi connectivity index (χ4n) is 3.47. The van der Waals surface area contributed by atoms with Gasteiger partial charge >= 0.3 is 17.9 Å². The molecule has 0 saturated carbocycles. The van der Waals surface area contributed by atoms with Gasteiger partial charge in [0.2, 0.25) is 0 Å². The average Bonchev–Trinajstić information content (AvgIpc) is 3.01. The standard InChI is InChI=1S/C23H26O7.C14H21NO2/c1-22(2,3)29-27-20(25)17-11-7-15(8-12-17)19(24)16-9-13-18(14-10-16)21(26)28-30-23(4,5)6;1-11(2)9-10-17-14(16)12-5-7-13(8-6-12)15(3)4/h7-14H,1-6H3;5-8,11H,9-10H2,1-4H3. The molecule has 0 bridgehead atoms. The van der Waals surface area contributed by atoms with Crippen LogP contribution in [0.2, 0.25) is 0 Å². The van der Waals surface area contributed by atoms with Gasteiger partial charge in [-0.25, -0.2) is 14.4 Å². The lowest BCUT2D eigenvalue weighted by molar-refractivity contribution is -0.301. The summed E-state index contributed by atoms with van der Waals surface area (Å²) in [6.07, 6.45) is 0.904.